The number of hydrogen-bond acceptors (Lipinski definition) is 1. The Kier molecular flexibility index (Phi) is 2.33. The third-order valence-electron chi connectivity index (χ3n) is 3.95. The maximum absolute atomic E-state index is 11.6. The van der Waals surface area contributed by atoms with E-state index in [-0.39, 0.29) is 11.3 Å². The number of ketones is 1. The molecule has 0 aromatic heterocycles. The van der Waals surface area contributed by atoms with Crippen molar-refractivity contribution in [2.24, 2.45) is 23.2 Å². The van der Waals surface area contributed by atoms with Gasteiger partial charge in [-0.3, -0.25) is 4.79 Å². The van der Waals surface area contributed by atoms with E-state index in [1.54, 1.807) is 0 Å². The first-order chi connectivity index (χ1) is 5.36. The lowest BCUT2D eigenvalue weighted by Crippen LogP contribution is -2.41. The first-order valence-electron chi connectivity index (χ1n) is 4.89. The van der Waals surface area contributed by atoms with Crippen LogP contribution in [0.1, 0.15) is 41.0 Å². The van der Waals surface area contributed by atoms with Gasteiger partial charge in [0.05, 0.1) is 0 Å². The highest BCUT2D eigenvalue weighted by Crippen LogP contribution is 2.44. The van der Waals surface area contributed by atoms with Crippen LogP contribution in [-0.2, 0) is 4.79 Å². The van der Waals surface area contributed by atoms with Crippen LogP contribution >= 0.6 is 0 Å². The lowest BCUT2D eigenvalue weighted by molar-refractivity contribution is -0.132. The van der Waals surface area contributed by atoms with Gasteiger partial charge < -0.3 is 0 Å². The van der Waals surface area contributed by atoms with Gasteiger partial charge in [-0.05, 0) is 17.3 Å². The predicted molar refractivity (Wildman–Crippen MR) is 50.9 cm³/mol. The third-order valence-corrected chi connectivity index (χ3v) is 3.95. The number of carbonyl (C=O) groups is 1. The lowest BCUT2D eigenvalue weighted by atomic mass is 9.61. The van der Waals surface area contributed by atoms with Crippen molar-refractivity contribution in [1.82, 2.24) is 0 Å². The normalized spacial score (nSPS) is 41.4. The summed E-state index contributed by atoms with van der Waals surface area (Å²) in [6.07, 6.45) is 0.764. The number of hydrogen-bond donors (Lipinski definition) is 0. The summed E-state index contributed by atoms with van der Waals surface area (Å²) in [5.74, 6) is 1.92. The van der Waals surface area contributed by atoms with E-state index < -0.39 is 0 Å². The fourth-order valence-electron chi connectivity index (χ4n) is 2.21. The molecule has 1 rings (SSSR count). The average molecular weight is 168 g/mol. The van der Waals surface area contributed by atoms with E-state index in [2.05, 4.69) is 34.6 Å². The van der Waals surface area contributed by atoms with Crippen LogP contribution in [-0.4, -0.2) is 5.78 Å². The minimum absolute atomic E-state index is 0.211. The van der Waals surface area contributed by atoms with Gasteiger partial charge in [-0.1, -0.05) is 34.6 Å². The van der Waals surface area contributed by atoms with Gasteiger partial charge in [-0.2, -0.15) is 0 Å². The van der Waals surface area contributed by atoms with Gasteiger partial charge >= 0.3 is 0 Å². The van der Waals surface area contributed by atoms with Crippen LogP contribution in [0.25, 0.3) is 0 Å². The van der Waals surface area contributed by atoms with Gasteiger partial charge in [0.15, 0.2) is 0 Å². The largest absolute Gasteiger partial charge is 0.299 e. The molecule has 0 aromatic rings. The molecule has 70 valence electrons. The molecular formula is C11H20O. The molecule has 1 fully saturated rings. The Morgan fingerprint density at radius 3 is 2.25 bits per heavy atom. The van der Waals surface area contributed by atoms with E-state index >= 15 is 0 Å². The fourth-order valence-corrected chi connectivity index (χ4v) is 2.21. The van der Waals surface area contributed by atoms with E-state index in [1.807, 2.05) is 0 Å². The first kappa shape index (κ1) is 9.76. The van der Waals surface area contributed by atoms with Gasteiger partial charge in [0, 0.05) is 12.3 Å². The van der Waals surface area contributed by atoms with Crippen LogP contribution in [0, 0.1) is 23.2 Å². The minimum Gasteiger partial charge on any atom is -0.299 e. The Balaban J connectivity index is 2.85. The maximum Gasteiger partial charge on any atom is 0.136 e. The number of rotatable bonds is 0. The molecule has 1 aliphatic carbocycles. The highest BCUT2D eigenvalue weighted by atomic mass is 16.1. The molecule has 0 N–H and O–H groups in total. The Hall–Kier alpha value is -0.330. The van der Waals surface area contributed by atoms with Crippen molar-refractivity contribution in [3.05, 3.63) is 0 Å². The summed E-state index contributed by atoms with van der Waals surface area (Å²) in [6, 6.07) is 0. The van der Waals surface area contributed by atoms with Crippen molar-refractivity contribution in [3.63, 3.8) is 0 Å². The Bertz CT molecular complexity index is 193. The van der Waals surface area contributed by atoms with Gasteiger partial charge in [0.25, 0.3) is 0 Å². The molecule has 0 saturated heterocycles. The van der Waals surface area contributed by atoms with E-state index in [1.165, 1.54) is 0 Å². The number of carbonyl (C=O) groups excluding carboxylic acids is 1. The van der Waals surface area contributed by atoms with Gasteiger partial charge in [-0.15, -0.1) is 0 Å². The molecule has 1 heteroatoms. The summed E-state index contributed by atoms with van der Waals surface area (Å²) in [4.78, 5) is 11.6. The van der Waals surface area contributed by atoms with Crippen LogP contribution in [0.4, 0.5) is 0 Å². The van der Waals surface area contributed by atoms with Crippen molar-refractivity contribution >= 4 is 5.78 Å². The summed E-state index contributed by atoms with van der Waals surface area (Å²) >= 11 is 0. The number of Topliss-reactive ketones (excluding diaryl/α,β-unsaturated/α-hetero) is 1. The molecule has 1 unspecified atom stereocenters. The van der Waals surface area contributed by atoms with Crippen molar-refractivity contribution in [2.75, 3.05) is 0 Å². The highest BCUT2D eigenvalue weighted by Gasteiger charge is 2.41. The van der Waals surface area contributed by atoms with E-state index in [4.69, 9.17) is 0 Å². The van der Waals surface area contributed by atoms with E-state index in [0.717, 1.165) is 6.42 Å². The molecule has 0 heterocycles. The standard InChI is InChI=1S/C11H20O/c1-7-8(2)10(12)6-11(4,5)9(7)3/h7-9H,6H2,1-5H3/t7-,8?,9-/m1/s1. The van der Waals surface area contributed by atoms with Gasteiger partial charge in [0.2, 0.25) is 0 Å². The molecule has 0 radical (unpaired) electrons. The van der Waals surface area contributed by atoms with Crippen molar-refractivity contribution in [1.29, 1.82) is 0 Å². The molecule has 0 aromatic carbocycles. The molecule has 1 nitrogen and oxygen atoms in total. The minimum atomic E-state index is 0.211. The summed E-state index contributed by atoms with van der Waals surface area (Å²) < 4.78 is 0. The predicted octanol–water partition coefficient (Wildman–Crippen LogP) is 2.89. The summed E-state index contributed by atoms with van der Waals surface area (Å²) in [5, 5.41) is 0. The molecule has 1 saturated carbocycles. The molecule has 1 aliphatic rings. The summed E-state index contributed by atoms with van der Waals surface area (Å²) in [6.45, 7) is 11.0. The molecule has 0 bridgehead atoms. The summed E-state index contributed by atoms with van der Waals surface area (Å²) in [7, 11) is 0. The fraction of sp³-hybridized carbons (Fsp3) is 0.909. The lowest BCUT2D eigenvalue weighted by Gasteiger charge is -2.43. The van der Waals surface area contributed by atoms with Crippen LogP contribution in [0.5, 0.6) is 0 Å². The molecular weight excluding hydrogens is 148 g/mol. The van der Waals surface area contributed by atoms with Crippen molar-refractivity contribution in [2.45, 2.75) is 41.0 Å². The molecule has 0 aliphatic heterocycles. The van der Waals surface area contributed by atoms with E-state index in [0.29, 0.717) is 17.6 Å². The Morgan fingerprint density at radius 2 is 1.75 bits per heavy atom. The quantitative estimate of drug-likeness (QED) is 0.543. The third kappa shape index (κ3) is 1.41. The highest BCUT2D eigenvalue weighted by molar-refractivity contribution is 5.82. The molecule has 3 atom stereocenters. The Labute approximate surface area is 75.5 Å². The smallest absolute Gasteiger partial charge is 0.136 e. The zero-order valence-electron chi connectivity index (χ0n) is 8.85. The second-order valence-electron chi connectivity index (χ2n) is 5.07. The zero-order chi connectivity index (χ0) is 9.52. The second-order valence-corrected chi connectivity index (χ2v) is 5.07. The molecule has 0 spiro atoms. The second kappa shape index (κ2) is 2.86. The zero-order valence-corrected chi connectivity index (χ0v) is 8.85. The average Bonchev–Trinajstić information content (AvgIpc) is 1.97. The van der Waals surface area contributed by atoms with E-state index in [9.17, 15) is 4.79 Å². The van der Waals surface area contributed by atoms with Gasteiger partial charge in [0.1, 0.15) is 5.78 Å². The topological polar surface area (TPSA) is 17.1 Å². The first-order valence-corrected chi connectivity index (χ1v) is 4.89. The Morgan fingerprint density at radius 1 is 1.25 bits per heavy atom. The van der Waals surface area contributed by atoms with Gasteiger partial charge in [-0.25, -0.2) is 0 Å². The molecule has 12 heavy (non-hydrogen) atoms. The van der Waals surface area contributed by atoms with Crippen LogP contribution in [0.2, 0.25) is 0 Å². The molecule has 0 amide bonds. The monoisotopic (exact) mass is 168 g/mol. The maximum atomic E-state index is 11.6. The van der Waals surface area contributed by atoms with Crippen LogP contribution < -0.4 is 0 Å². The van der Waals surface area contributed by atoms with Crippen LogP contribution in [0.15, 0.2) is 0 Å². The summed E-state index contributed by atoms with van der Waals surface area (Å²) in [5.41, 5.74) is 0.211. The van der Waals surface area contributed by atoms with Crippen molar-refractivity contribution in [3.8, 4) is 0 Å². The van der Waals surface area contributed by atoms with Crippen LogP contribution in [0.3, 0.4) is 0 Å². The SMILES string of the molecule is CC1C(=O)CC(C)(C)[C@H](C)[C@@H]1C. The van der Waals surface area contributed by atoms with Crippen molar-refractivity contribution < 1.29 is 4.79 Å².